The summed E-state index contributed by atoms with van der Waals surface area (Å²) in [6, 6.07) is 12.5. The first-order valence-electron chi connectivity index (χ1n) is 8.07. The fraction of sp³-hybridized carbons (Fsp3) is 0.316. The lowest BCUT2D eigenvalue weighted by atomic mass is 9.72. The molecule has 2 N–H and O–H groups in total. The van der Waals surface area contributed by atoms with E-state index in [9.17, 15) is 20.1 Å². The smallest absolute Gasteiger partial charge is 0.243 e. The summed E-state index contributed by atoms with van der Waals surface area (Å²) in [5, 5.41) is 32.6. The molecule has 0 radical (unpaired) electrons. The molecule has 8 heteroatoms. The lowest BCUT2D eigenvalue weighted by Gasteiger charge is -2.35. The lowest BCUT2D eigenvalue weighted by Crippen LogP contribution is -2.45. The molecule has 0 aliphatic carbocycles. The molecule has 1 aliphatic heterocycles. The number of carbonyl (C=O) groups excluding carboxylic acids is 2. The van der Waals surface area contributed by atoms with Gasteiger partial charge in [0.05, 0.1) is 39.6 Å². The highest BCUT2D eigenvalue weighted by Crippen LogP contribution is 2.42. The summed E-state index contributed by atoms with van der Waals surface area (Å²) >= 11 is 1.05. The number of amides is 2. The number of nitriles is 3. The molecule has 0 bridgehead atoms. The van der Waals surface area contributed by atoms with Crippen molar-refractivity contribution in [1.29, 1.82) is 15.8 Å². The normalized spacial score (nSPS) is 19.1. The van der Waals surface area contributed by atoms with Crippen LogP contribution in [-0.2, 0) is 9.59 Å². The fourth-order valence-corrected chi connectivity index (χ4v) is 3.76. The maximum Gasteiger partial charge on any atom is 0.243 e. The topological polar surface area (TPSA) is 130 Å². The van der Waals surface area contributed by atoms with E-state index in [-0.39, 0.29) is 16.5 Å². The highest BCUT2D eigenvalue weighted by Gasteiger charge is 2.45. The quantitative estimate of drug-likeness (QED) is 0.827. The molecular formula is C19H17N5O2S. The van der Waals surface area contributed by atoms with Gasteiger partial charge in [-0.05, 0) is 25.1 Å². The van der Waals surface area contributed by atoms with Crippen molar-refractivity contribution in [2.45, 2.75) is 26.0 Å². The van der Waals surface area contributed by atoms with Crippen LogP contribution in [0.4, 0.5) is 5.69 Å². The standard InChI is InChI=1S/C19H17N5O2S/c1-11(16(25)23-13-6-4-5-12(7-13)8-20)27-18-15(10-22)19(2,3)14(9-21)17(26)24-18/h4-7,11,14H,1-3H3,(H,23,25)(H,24,26)/t11-,14+/m0/s1. The predicted molar refractivity (Wildman–Crippen MR) is 101 cm³/mol. The van der Waals surface area contributed by atoms with E-state index in [0.717, 1.165) is 11.8 Å². The second kappa shape index (κ2) is 7.95. The van der Waals surface area contributed by atoms with Crippen molar-refractivity contribution < 1.29 is 9.59 Å². The molecule has 0 saturated carbocycles. The van der Waals surface area contributed by atoms with Gasteiger partial charge in [-0.3, -0.25) is 9.59 Å². The van der Waals surface area contributed by atoms with Crippen molar-refractivity contribution in [3.63, 3.8) is 0 Å². The Bertz CT molecular complexity index is 946. The first-order chi connectivity index (χ1) is 12.7. The summed E-state index contributed by atoms with van der Waals surface area (Å²) in [6.07, 6.45) is 0. The average molecular weight is 379 g/mol. The van der Waals surface area contributed by atoms with Crippen molar-refractivity contribution in [2.24, 2.45) is 11.3 Å². The number of hydrogen-bond acceptors (Lipinski definition) is 6. The van der Waals surface area contributed by atoms with Crippen molar-refractivity contribution >= 4 is 29.3 Å². The Hall–Kier alpha value is -3.28. The Morgan fingerprint density at radius 2 is 2.00 bits per heavy atom. The Morgan fingerprint density at radius 3 is 2.59 bits per heavy atom. The molecule has 2 amide bonds. The van der Waals surface area contributed by atoms with E-state index in [1.54, 1.807) is 45.0 Å². The number of nitrogens with zero attached hydrogens (tertiary/aromatic N) is 3. The SMILES string of the molecule is C[C@H](SC1=C(C#N)C(C)(C)[C@H](C#N)C(=O)N1)C(=O)Nc1cccc(C#N)c1. The van der Waals surface area contributed by atoms with Crippen LogP contribution in [-0.4, -0.2) is 17.1 Å². The van der Waals surface area contributed by atoms with E-state index in [4.69, 9.17) is 5.26 Å². The molecule has 27 heavy (non-hydrogen) atoms. The van der Waals surface area contributed by atoms with Gasteiger partial charge in [-0.25, -0.2) is 0 Å². The van der Waals surface area contributed by atoms with Gasteiger partial charge >= 0.3 is 0 Å². The zero-order valence-electron chi connectivity index (χ0n) is 15.0. The molecule has 1 aromatic rings. The minimum Gasteiger partial charge on any atom is -0.325 e. The summed E-state index contributed by atoms with van der Waals surface area (Å²) in [6.45, 7) is 4.97. The van der Waals surface area contributed by atoms with Gasteiger partial charge in [0, 0.05) is 11.1 Å². The number of nitrogens with one attached hydrogen (secondary N) is 2. The van der Waals surface area contributed by atoms with Crippen molar-refractivity contribution in [2.75, 3.05) is 5.32 Å². The summed E-state index contributed by atoms with van der Waals surface area (Å²) in [7, 11) is 0. The van der Waals surface area contributed by atoms with Gasteiger partial charge < -0.3 is 10.6 Å². The first-order valence-corrected chi connectivity index (χ1v) is 8.95. The average Bonchev–Trinajstić information content (AvgIpc) is 2.61. The summed E-state index contributed by atoms with van der Waals surface area (Å²) in [5.41, 5.74) is 0.223. The first kappa shape index (κ1) is 20.0. The second-order valence-corrected chi connectivity index (χ2v) is 7.88. The van der Waals surface area contributed by atoms with Crippen LogP contribution >= 0.6 is 11.8 Å². The van der Waals surface area contributed by atoms with E-state index < -0.39 is 22.5 Å². The van der Waals surface area contributed by atoms with E-state index in [2.05, 4.69) is 16.7 Å². The number of carbonyl (C=O) groups is 2. The van der Waals surface area contributed by atoms with E-state index in [0.29, 0.717) is 11.3 Å². The van der Waals surface area contributed by atoms with Crippen LogP contribution in [0.15, 0.2) is 34.9 Å². The van der Waals surface area contributed by atoms with Crippen LogP contribution in [0.3, 0.4) is 0 Å². The number of allylic oxidation sites excluding steroid dienone is 1. The molecule has 136 valence electrons. The van der Waals surface area contributed by atoms with Gasteiger partial charge in [-0.1, -0.05) is 31.7 Å². The molecule has 2 rings (SSSR count). The Balaban J connectivity index is 2.21. The van der Waals surface area contributed by atoms with Gasteiger partial charge in [0.25, 0.3) is 0 Å². The Labute approximate surface area is 161 Å². The van der Waals surface area contributed by atoms with Crippen LogP contribution in [0.25, 0.3) is 0 Å². The molecular weight excluding hydrogens is 362 g/mol. The third-order valence-electron chi connectivity index (χ3n) is 4.26. The van der Waals surface area contributed by atoms with Gasteiger partial charge in [0.1, 0.15) is 5.92 Å². The molecule has 2 atom stereocenters. The van der Waals surface area contributed by atoms with E-state index in [1.807, 2.05) is 12.1 Å². The third kappa shape index (κ3) is 4.11. The number of anilines is 1. The van der Waals surface area contributed by atoms with Crippen LogP contribution in [0.1, 0.15) is 26.3 Å². The summed E-state index contributed by atoms with van der Waals surface area (Å²) in [5.74, 6) is -1.80. The molecule has 0 saturated heterocycles. The summed E-state index contributed by atoms with van der Waals surface area (Å²) < 4.78 is 0. The molecule has 0 fully saturated rings. The number of rotatable bonds is 4. The third-order valence-corrected chi connectivity index (χ3v) is 5.37. The zero-order valence-corrected chi connectivity index (χ0v) is 15.8. The van der Waals surface area contributed by atoms with Crippen molar-refractivity contribution in [3.8, 4) is 18.2 Å². The van der Waals surface area contributed by atoms with E-state index in [1.165, 1.54) is 0 Å². The minimum absolute atomic E-state index is 0.268. The van der Waals surface area contributed by atoms with Crippen LogP contribution in [0.5, 0.6) is 0 Å². The minimum atomic E-state index is -0.977. The lowest BCUT2D eigenvalue weighted by molar-refractivity contribution is -0.125. The van der Waals surface area contributed by atoms with Crippen molar-refractivity contribution in [3.05, 3.63) is 40.4 Å². The molecule has 1 heterocycles. The Kier molecular flexibility index (Phi) is 5.90. The fourth-order valence-electron chi connectivity index (χ4n) is 2.66. The van der Waals surface area contributed by atoms with Gasteiger partial charge in [0.15, 0.2) is 0 Å². The largest absolute Gasteiger partial charge is 0.325 e. The van der Waals surface area contributed by atoms with Gasteiger partial charge in [0.2, 0.25) is 11.8 Å². The van der Waals surface area contributed by atoms with Crippen LogP contribution in [0.2, 0.25) is 0 Å². The molecule has 0 unspecified atom stereocenters. The van der Waals surface area contributed by atoms with Gasteiger partial charge in [-0.2, -0.15) is 15.8 Å². The summed E-state index contributed by atoms with van der Waals surface area (Å²) in [4.78, 5) is 24.7. The maximum atomic E-state index is 12.5. The second-order valence-electron chi connectivity index (χ2n) is 6.53. The maximum absolute atomic E-state index is 12.5. The highest BCUT2D eigenvalue weighted by atomic mass is 32.2. The van der Waals surface area contributed by atoms with Crippen LogP contribution in [0, 0.1) is 45.3 Å². The van der Waals surface area contributed by atoms with Crippen LogP contribution < -0.4 is 10.6 Å². The highest BCUT2D eigenvalue weighted by molar-refractivity contribution is 8.04. The van der Waals surface area contributed by atoms with Gasteiger partial charge in [-0.15, -0.1) is 0 Å². The molecule has 1 aromatic carbocycles. The number of thioether (sulfide) groups is 1. The molecule has 0 spiro atoms. The zero-order chi connectivity index (χ0) is 20.2. The van der Waals surface area contributed by atoms with Crippen molar-refractivity contribution in [1.82, 2.24) is 5.32 Å². The number of hydrogen-bond donors (Lipinski definition) is 2. The number of benzene rings is 1. The molecule has 1 aliphatic rings. The monoisotopic (exact) mass is 379 g/mol. The Morgan fingerprint density at radius 1 is 1.30 bits per heavy atom. The predicted octanol–water partition coefficient (Wildman–Crippen LogP) is 2.65. The van der Waals surface area contributed by atoms with E-state index >= 15 is 0 Å². The molecule has 7 nitrogen and oxygen atoms in total. The molecule has 0 aromatic heterocycles.